The van der Waals surface area contributed by atoms with Crippen LogP contribution in [0.3, 0.4) is 0 Å². The first-order valence-electron chi connectivity index (χ1n) is 8.63. The van der Waals surface area contributed by atoms with Gasteiger partial charge in [-0.2, -0.15) is 0 Å². The van der Waals surface area contributed by atoms with Crippen LogP contribution in [0.4, 0.5) is 0 Å². The standard InChI is InChI=1S/C21H21ClN2O2/c1-3-18(16-10-7-11-17(22)12-16)23-20(25)13-19-14(2)26-21(24-19)15-8-5-4-6-9-15/h4-12,18H,3,13H2,1-2H3,(H,23,25). The van der Waals surface area contributed by atoms with Crippen LogP contribution < -0.4 is 5.32 Å². The minimum absolute atomic E-state index is 0.0815. The molecule has 3 aromatic rings. The molecule has 1 aromatic heterocycles. The SMILES string of the molecule is CCC(NC(=O)Cc1nc(-c2ccccc2)oc1C)c1cccc(Cl)c1. The third kappa shape index (κ3) is 4.33. The number of carbonyl (C=O) groups is 1. The van der Waals surface area contributed by atoms with Gasteiger partial charge in [-0.15, -0.1) is 0 Å². The molecule has 2 aromatic carbocycles. The van der Waals surface area contributed by atoms with Crippen molar-refractivity contribution in [1.29, 1.82) is 0 Å². The number of nitrogens with zero attached hydrogens (tertiary/aromatic N) is 1. The van der Waals surface area contributed by atoms with Crippen LogP contribution in [0.1, 0.15) is 36.4 Å². The smallest absolute Gasteiger partial charge is 0.226 e. The molecule has 0 aliphatic rings. The fourth-order valence-electron chi connectivity index (χ4n) is 2.84. The molecule has 1 heterocycles. The molecule has 0 bridgehead atoms. The Kier molecular flexibility index (Phi) is 5.74. The number of aryl methyl sites for hydroxylation is 1. The summed E-state index contributed by atoms with van der Waals surface area (Å²) in [6.45, 7) is 3.86. The molecule has 0 spiro atoms. The lowest BCUT2D eigenvalue weighted by Crippen LogP contribution is -2.29. The molecular formula is C21H21ClN2O2. The van der Waals surface area contributed by atoms with Crippen LogP contribution in [-0.2, 0) is 11.2 Å². The number of nitrogens with one attached hydrogen (secondary N) is 1. The highest BCUT2D eigenvalue weighted by Gasteiger charge is 2.17. The van der Waals surface area contributed by atoms with Crippen LogP contribution in [0.15, 0.2) is 59.0 Å². The highest BCUT2D eigenvalue weighted by atomic mass is 35.5. The molecule has 134 valence electrons. The quantitative estimate of drug-likeness (QED) is 0.657. The lowest BCUT2D eigenvalue weighted by molar-refractivity contribution is -0.121. The van der Waals surface area contributed by atoms with Gasteiger partial charge in [-0.05, 0) is 43.2 Å². The van der Waals surface area contributed by atoms with Gasteiger partial charge in [0.2, 0.25) is 11.8 Å². The van der Waals surface area contributed by atoms with Gasteiger partial charge in [0.1, 0.15) is 5.76 Å². The molecule has 0 saturated heterocycles. The van der Waals surface area contributed by atoms with E-state index in [0.29, 0.717) is 22.4 Å². The lowest BCUT2D eigenvalue weighted by atomic mass is 10.0. The van der Waals surface area contributed by atoms with E-state index in [-0.39, 0.29) is 18.4 Å². The number of oxazole rings is 1. The summed E-state index contributed by atoms with van der Waals surface area (Å²) < 4.78 is 5.72. The Morgan fingerprint density at radius 2 is 1.96 bits per heavy atom. The molecule has 3 rings (SSSR count). The summed E-state index contributed by atoms with van der Waals surface area (Å²) in [7, 11) is 0. The predicted octanol–water partition coefficient (Wildman–Crippen LogP) is 5.11. The highest BCUT2D eigenvalue weighted by Crippen LogP contribution is 2.23. The summed E-state index contributed by atoms with van der Waals surface area (Å²) in [6, 6.07) is 17.1. The van der Waals surface area contributed by atoms with Gasteiger partial charge < -0.3 is 9.73 Å². The first-order chi connectivity index (χ1) is 12.6. The lowest BCUT2D eigenvalue weighted by Gasteiger charge is -2.17. The van der Waals surface area contributed by atoms with E-state index in [2.05, 4.69) is 10.3 Å². The van der Waals surface area contributed by atoms with Crippen LogP contribution >= 0.6 is 11.6 Å². The van der Waals surface area contributed by atoms with Crippen LogP contribution in [0, 0.1) is 6.92 Å². The van der Waals surface area contributed by atoms with E-state index in [0.717, 1.165) is 17.5 Å². The molecule has 1 unspecified atom stereocenters. The second-order valence-electron chi connectivity index (χ2n) is 6.15. The maximum absolute atomic E-state index is 12.5. The van der Waals surface area contributed by atoms with E-state index in [1.807, 2.05) is 68.4 Å². The summed E-state index contributed by atoms with van der Waals surface area (Å²) >= 11 is 6.06. The number of rotatable bonds is 6. The Labute approximate surface area is 158 Å². The molecule has 1 atom stereocenters. The van der Waals surface area contributed by atoms with Crippen molar-refractivity contribution in [2.24, 2.45) is 0 Å². The summed E-state index contributed by atoms with van der Waals surface area (Å²) in [5.41, 5.74) is 2.55. The van der Waals surface area contributed by atoms with Gasteiger partial charge in [-0.3, -0.25) is 4.79 Å². The minimum atomic E-state index is -0.0900. The van der Waals surface area contributed by atoms with Gasteiger partial charge in [0.15, 0.2) is 0 Å². The number of hydrogen-bond donors (Lipinski definition) is 1. The third-order valence-electron chi connectivity index (χ3n) is 4.24. The van der Waals surface area contributed by atoms with Crippen molar-refractivity contribution in [2.75, 3.05) is 0 Å². The van der Waals surface area contributed by atoms with Crippen LogP contribution in [0.2, 0.25) is 5.02 Å². The number of benzene rings is 2. The van der Waals surface area contributed by atoms with Crippen molar-refractivity contribution in [1.82, 2.24) is 10.3 Å². The summed E-state index contributed by atoms with van der Waals surface area (Å²) in [4.78, 5) is 17.0. The van der Waals surface area contributed by atoms with E-state index in [4.69, 9.17) is 16.0 Å². The molecule has 0 fully saturated rings. The molecule has 1 N–H and O–H groups in total. The molecule has 4 nitrogen and oxygen atoms in total. The Hall–Kier alpha value is -2.59. The molecule has 0 aliphatic heterocycles. The van der Waals surface area contributed by atoms with Crippen molar-refractivity contribution < 1.29 is 9.21 Å². The Morgan fingerprint density at radius 1 is 1.19 bits per heavy atom. The monoisotopic (exact) mass is 368 g/mol. The zero-order chi connectivity index (χ0) is 18.5. The number of hydrogen-bond acceptors (Lipinski definition) is 3. The average Bonchev–Trinajstić information content (AvgIpc) is 3.01. The first kappa shape index (κ1) is 18.2. The van der Waals surface area contributed by atoms with E-state index in [9.17, 15) is 4.79 Å². The van der Waals surface area contributed by atoms with Gasteiger partial charge in [-0.1, -0.05) is 48.9 Å². The molecule has 1 amide bonds. The maximum Gasteiger partial charge on any atom is 0.226 e. The first-order valence-corrected chi connectivity index (χ1v) is 9.01. The maximum atomic E-state index is 12.5. The van der Waals surface area contributed by atoms with Gasteiger partial charge in [0, 0.05) is 10.6 Å². The molecule has 0 radical (unpaired) electrons. The van der Waals surface area contributed by atoms with Crippen molar-refractivity contribution >= 4 is 17.5 Å². The van der Waals surface area contributed by atoms with Crippen LogP contribution in [-0.4, -0.2) is 10.9 Å². The van der Waals surface area contributed by atoms with E-state index >= 15 is 0 Å². The van der Waals surface area contributed by atoms with Gasteiger partial charge >= 0.3 is 0 Å². The fraction of sp³-hybridized carbons (Fsp3) is 0.238. The summed E-state index contributed by atoms with van der Waals surface area (Å²) in [6.07, 6.45) is 0.957. The summed E-state index contributed by atoms with van der Waals surface area (Å²) in [5.74, 6) is 1.11. The Balaban J connectivity index is 1.71. The second kappa shape index (κ2) is 8.19. The van der Waals surface area contributed by atoms with Crippen molar-refractivity contribution in [3.8, 4) is 11.5 Å². The molecule has 0 saturated carbocycles. The van der Waals surface area contributed by atoms with Gasteiger partial charge in [0.25, 0.3) is 0 Å². The Bertz CT molecular complexity index is 890. The van der Waals surface area contributed by atoms with E-state index in [1.54, 1.807) is 0 Å². The minimum Gasteiger partial charge on any atom is -0.441 e. The van der Waals surface area contributed by atoms with Crippen LogP contribution in [0.5, 0.6) is 0 Å². The fourth-order valence-corrected chi connectivity index (χ4v) is 3.04. The average molecular weight is 369 g/mol. The van der Waals surface area contributed by atoms with Crippen molar-refractivity contribution in [3.63, 3.8) is 0 Å². The molecule has 5 heteroatoms. The third-order valence-corrected chi connectivity index (χ3v) is 4.47. The molecule has 0 aliphatic carbocycles. The van der Waals surface area contributed by atoms with Crippen molar-refractivity contribution in [3.05, 3.63) is 76.6 Å². The van der Waals surface area contributed by atoms with Crippen molar-refractivity contribution in [2.45, 2.75) is 32.7 Å². The zero-order valence-electron chi connectivity index (χ0n) is 14.8. The van der Waals surface area contributed by atoms with Gasteiger partial charge in [-0.25, -0.2) is 4.98 Å². The second-order valence-corrected chi connectivity index (χ2v) is 6.58. The Morgan fingerprint density at radius 3 is 2.65 bits per heavy atom. The molecule has 26 heavy (non-hydrogen) atoms. The van der Waals surface area contributed by atoms with E-state index in [1.165, 1.54) is 0 Å². The number of aromatic nitrogens is 1. The highest BCUT2D eigenvalue weighted by molar-refractivity contribution is 6.30. The number of amides is 1. The van der Waals surface area contributed by atoms with E-state index < -0.39 is 0 Å². The molecular weight excluding hydrogens is 348 g/mol. The summed E-state index contributed by atoms with van der Waals surface area (Å²) in [5, 5.41) is 3.72. The van der Waals surface area contributed by atoms with Gasteiger partial charge in [0.05, 0.1) is 18.2 Å². The topological polar surface area (TPSA) is 55.1 Å². The predicted molar refractivity (Wildman–Crippen MR) is 103 cm³/mol. The number of carbonyl (C=O) groups excluding carboxylic acids is 1. The van der Waals surface area contributed by atoms with Crippen LogP contribution in [0.25, 0.3) is 11.5 Å². The number of halogens is 1. The largest absolute Gasteiger partial charge is 0.441 e. The zero-order valence-corrected chi connectivity index (χ0v) is 15.6. The normalized spacial score (nSPS) is 12.0.